The number of aliphatic hydroxyl groups excluding tert-OH is 2. The molecular formula is C76H115N11O16. The van der Waals surface area contributed by atoms with Crippen LogP contribution in [-0.4, -0.2) is 270 Å². The van der Waals surface area contributed by atoms with Gasteiger partial charge in [-0.1, -0.05) is 64.2 Å². The minimum atomic E-state index is -2.47. The van der Waals surface area contributed by atoms with Crippen LogP contribution in [0.2, 0.25) is 0 Å². The summed E-state index contributed by atoms with van der Waals surface area (Å²) in [5.41, 5.74) is 10.7. The standard InChI is InChI=1S/C76H115N11O16/c1-48-16-12-11-13-17-49(2)63(97-8)42-58-21-19-53(6)76(96,103-58)70(92)71(93)87-24-15-14-18-61(87)72(94)101-65(43-64(98-9)50(3)39-52(5)68(90)69(91)67(89)51(4)38-48)59(77)40-55-20-22-62(66(41-55)99-10)102-75(95)86-25-23-60-57(47-86)46-80-74(81-60)85-32-28-83(29-33-85)35-37-100-36-34-82-26-30-84(31-27-82)73-78-44-56(45-79-73)54(7)88/h11-13,16-17,39,44-46,48,50-51,53,55,58-59,61-66,68-69,90-91,96H,14-15,18-38,40-43,47,77H2,1-10H3/b13-11?,16-12+,49-17?,52-39+/t48-,50-,51-,53-,55+,58+,59-,61+,62-,63+,64-,65+,66-,68-,69+,76-/m1/s1. The first-order valence-electron chi connectivity index (χ1n) is 37.4. The molecule has 1 saturated carbocycles. The molecule has 0 radical (unpaired) electrons. The Balaban J connectivity index is 0.796. The van der Waals surface area contributed by atoms with E-state index in [9.17, 15) is 44.1 Å². The molecule has 27 heteroatoms. The van der Waals surface area contributed by atoms with E-state index in [2.05, 4.69) is 29.6 Å². The molecule has 8 heterocycles. The number of ketones is 3. The maximum Gasteiger partial charge on any atom is 0.410 e. The molecule has 2 aromatic heterocycles. The minimum Gasteiger partial charge on any atom is -0.459 e. The number of rotatable bonds is 16. The van der Waals surface area contributed by atoms with Gasteiger partial charge in [-0.2, -0.15) is 0 Å². The number of carbonyl (C=O) groups is 6. The number of esters is 1. The number of amides is 2. The van der Waals surface area contributed by atoms with Gasteiger partial charge in [-0.05, 0) is 108 Å². The van der Waals surface area contributed by atoms with Crippen LogP contribution in [-0.2, 0) is 65.3 Å². The number of hydrogen-bond donors (Lipinski definition) is 4. The number of Topliss-reactive ketones (excluding diaryl/α,β-unsaturated/α-hetero) is 3. The molecule has 5 N–H and O–H groups in total. The van der Waals surface area contributed by atoms with Crippen molar-refractivity contribution in [2.45, 2.75) is 205 Å². The predicted octanol–water partition coefficient (Wildman–Crippen LogP) is 5.61. The van der Waals surface area contributed by atoms with Crippen LogP contribution in [0.25, 0.3) is 0 Å². The zero-order valence-corrected chi connectivity index (χ0v) is 62.4. The van der Waals surface area contributed by atoms with Crippen LogP contribution in [0.4, 0.5) is 16.7 Å². The molecule has 27 nitrogen and oxygen atoms in total. The van der Waals surface area contributed by atoms with Gasteiger partial charge in [-0.3, -0.25) is 29.0 Å². The molecule has 2 bridgehead atoms. The first-order valence-corrected chi connectivity index (χ1v) is 37.4. The summed E-state index contributed by atoms with van der Waals surface area (Å²) < 4.78 is 43.1. The van der Waals surface area contributed by atoms with Gasteiger partial charge in [0, 0.05) is 167 Å². The largest absolute Gasteiger partial charge is 0.459 e. The lowest BCUT2D eigenvalue weighted by atomic mass is 9.80. The highest BCUT2D eigenvalue weighted by Gasteiger charge is 2.53. The molecule has 0 unspecified atom stereocenters. The topological polar surface area (TPSA) is 325 Å². The molecule has 9 rings (SSSR count). The number of aliphatic hydroxyl groups is 3. The molecule has 1 aliphatic carbocycles. The number of allylic oxidation sites excluding steroid dienone is 5. The van der Waals surface area contributed by atoms with Crippen LogP contribution >= 0.6 is 0 Å². The molecule has 6 aliphatic heterocycles. The van der Waals surface area contributed by atoms with Crippen molar-refractivity contribution in [3.63, 3.8) is 0 Å². The fourth-order valence-corrected chi connectivity index (χ4v) is 15.5. The number of piperazine rings is 2. The number of hydrogen-bond acceptors (Lipinski definition) is 25. The predicted molar refractivity (Wildman–Crippen MR) is 386 cm³/mol. The van der Waals surface area contributed by atoms with Crippen LogP contribution in [0.1, 0.15) is 147 Å². The fraction of sp³-hybridized carbons (Fsp3) is 0.711. The van der Waals surface area contributed by atoms with E-state index in [1.54, 1.807) is 58.4 Å². The highest BCUT2D eigenvalue weighted by atomic mass is 16.6. The third kappa shape index (κ3) is 21.4. The minimum absolute atomic E-state index is 0.0460. The second kappa shape index (κ2) is 38.2. The smallest absolute Gasteiger partial charge is 0.410 e. The lowest BCUT2D eigenvalue weighted by Crippen LogP contribution is -2.61. The number of methoxy groups -OCH3 is 3. The average molecular weight is 1440 g/mol. The van der Waals surface area contributed by atoms with Gasteiger partial charge in [0.25, 0.3) is 11.7 Å². The summed E-state index contributed by atoms with van der Waals surface area (Å²) in [5, 5.41) is 35.0. The zero-order chi connectivity index (χ0) is 74.1. The second-order valence-corrected chi connectivity index (χ2v) is 29.7. The van der Waals surface area contributed by atoms with Crippen LogP contribution in [0.5, 0.6) is 0 Å². The van der Waals surface area contributed by atoms with Gasteiger partial charge in [0.1, 0.15) is 30.5 Å². The van der Waals surface area contributed by atoms with Crippen molar-refractivity contribution in [1.29, 1.82) is 0 Å². The van der Waals surface area contributed by atoms with E-state index in [1.165, 1.54) is 18.9 Å². The highest BCUT2D eigenvalue weighted by Crippen LogP contribution is 2.38. The summed E-state index contributed by atoms with van der Waals surface area (Å²) in [5.74, 6) is -6.60. The monoisotopic (exact) mass is 1440 g/mol. The van der Waals surface area contributed by atoms with Crippen LogP contribution in [0.3, 0.4) is 0 Å². The molecule has 0 aromatic carbocycles. The molecule has 570 valence electrons. The normalized spacial score (nSPS) is 32.5. The number of anilines is 2. The number of nitrogens with two attached hydrogens (primary N) is 1. The van der Waals surface area contributed by atoms with Crippen LogP contribution in [0, 0.1) is 29.6 Å². The van der Waals surface area contributed by atoms with Crippen molar-refractivity contribution in [2.75, 3.05) is 123 Å². The Labute approximate surface area is 607 Å². The number of cyclic esters (lactones) is 1. The number of nitrogens with zero attached hydrogens (tertiary/aromatic N) is 10. The fourth-order valence-electron chi connectivity index (χ4n) is 15.5. The van der Waals surface area contributed by atoms with Crippen molar-refractivity contribution < 1.29 is 77.2 Å². The maximum atomic E-state index is 14.9. The highest BCUT2D eigenvalue weighted by molar-refractivity contribution is 6.39. The van der Waals surface area contributed by atoms with Crippen molar-refractivity contribution in [1.82, 2.24) is 39.5 Å². The molecular weight excluding hydrogens is 1320 g/mol. The Kier molecular flexibility index (Phi) is 29.9. The number of carbonyl (C=O) groups excluding carboxylic acids is 6. The molecule has 4 saturated heterocycles. The molecule has 16 atom stereocenters. The van der Waals surface area contributed by atoms with Gasteiger partial charge in [0.2, 0.25) is 17.7 Å². The van der Waals surface area contributed by atoms with E-state index >= 15 is 0 Å². The second-order valence-electron chi connectivity index (χ2n) is 29.7. The third-order valence-corrected chi connectivity index (χ3v) is 22.3. The number of piperidine rings is 1. The first-order chi connectivity index (χ1) is 49.4. The summed E-state index contributed by atoms with van der Waals surface area (Å²) in [6.45, 7) is 22.8. The van der Waals surface area contributed by atoms with Crippen molar-refractivity contribution in [3.05, 3.63) is 83.0 Å². The van der Waals surface area contributed by atoms with Gasteiger partial charge in [-0.15, -0.1) is 0 Å². The molecule has 5 fully saturated rings. The lowest BCUT2D eigenvalue weighted by molar-refractivity contribution is -0.265. The molecule has 7 aliphatic rings. The molecule has 2 amide bonds. The summed E-state index contributed by atoms with van der Waals surface area (Å²) in [6, 6.07) is -2.01. The van der Waals surface area contributed by atoms with E-state index < -0.39 is 114 Å². The van der Waals surface area contributed by atoms with Crippen molar-refractivity contribution >= 4 is 47.2 Å². The summed E-state index contributed by atoms with van der Waals surface area (Å²) in [4.78, 5) is 114. The van der Waals surface area contributed by atoms with Gasteiger partial charge in [0.05, 0.1) is 55.4 Å². The lowest BCUT2D eigenvalue weighted by Gasteiger charge is -2.43. The van der Waals surface area contributed by atoms with E-state index in [1.807, 2.05) is 57.3 Å². The third-order valence-electron chi connectivity index (χ3n) is 22.3. The SMILES string of the molecule is CO[C@H]1C[C@@H]2CC[C@@H](C)[C@@](O)(O2)C(=O)C(=O)N2CCCC[C@H]2C(=O)O[C@H]([C@H](N)C[C@@H]2CC[C@@H](OC(=O)N3CCc4nc(N5CCN(CCOCCN6CCN(c7ncc(C(C)=O)cn7)CC6)CC5)ncc4C3)[C@H](OC)C2)C[C@@H](OC)[C@H](C)/C=C(\C)[C@@H](O)[C@@H](O)C(=O)[C@H](C)C[C@H](C)/C=C/C=CC=C1C. The Morgan fingerprint density at radius 1 is 0.718 bits per heavy atom. The molecule has 103 heavy (non-hydrogen) atoms. The van der Waals surface area contributed by atoms with E-state index in [0.717, 1.165) is 82.3 Å². The number of fused-ring (bicyclic) bond motifs is 4. The maximum absolute atomic E-state index is 14.9. The van der Waals surface area contributed by atoms with E-state index in [4.69, 9.17) is 48.9 Å². The Morgan fingerprint density at radius 2 is 1.39 bits per heavy atom. The first kappa shape index (κ1) is 80.6. The Hall–Kier alpha value is -6.50. The van der Waals surface area contributed by atoms with Crippen LogP contribution in [0.15, 0.2) is 66.2 Å². The molecule has 0 spiro atoms. The van der Waals surface area contributed by atoms with E-state index in [0.29, 0.717) is 114 Å². The summed E-state index contributed by atoms with van der Waals surface area (Å²) >= 11 is 0. The Bertz CT molecular complexity index is 3290. The van der Waals surface area contributed by atoms with Crippen LogP contribution < -0.4 is 15.5 Å². The average Bonchev–Trinajstić information content (AvgIpc) is 0.721. The Morgan fingerprint density at radius 3 is 2.05 bits per heavy atom. The van der Waals surface area contributed by atoms with Crippen molar-refractivity contribution in [3.8, 4) is 0 Å². The number of aromatic nitrogens is 4. The van der Waals surface area contributed by atoms with E-state index in [-0.39, 0.29) is 43.4 Å². The van der Waals surface area contributed by atoms with Gasteiger partial charge < -0.3 is 73.8 Å². The quantitative estimate of drug-likeness (QED) is 0.0522. The van der Waals surface area contributed by atoms with Gasteiger partial charge in [-0.25, -0.2) is 29.5 Å². The van der Waals surface area contributed by atoms with Gasteiger partial charge >= 0.3 is 12.1 Å². The molecule has 2 aromatic rings. The number of ether oxygens (including phenoxy) is 7. The zero-order valence-electron chi connectivity index (χ0n) is 62.4. The summed E-state index contributed by atoms with van der Waals surface area (Å²) in [7, 11) is 4.67. The van der Waals surface area contributed by atoms with Gasteiger partial charge in [0.15, 0.2) is 11.6 Å². The van der Waals surface area contributed by atoms with Crippen molar-refractivity contribution in [2.24, 2.45) is 35.3 Å². The summed E-state index contributed by atoms with van der Waals surface area (Å²) in [6.07, 6.45) is 13.9.